The van der Waals surface area contributed by atoms with Gasteiger partial charge in [0.05, 0.1) is 23.7 Å². The van der Waals surface area contributed by atoms with Gasteiger partial charge in [0.25, 0.3) is 5.56 Å². The minimum Gasteiger partial charge on any atom is -0.369 e. The second kappa shape index (κ2) is 6.19. The third kappa shape index (κ3) is 2.86. The number of pyridine rings is 2. The molecule has 0 unspecified atom stereocenters. The fraction of sp³-hybridized carbons (Fsp3) is 0.143. The number of H-pyrrole nitrogens is 1. The number of nitrogens with two attached hydrogens (primary N) is 1. The van der Waals surface area contributed by atoms with E-state index in [0.29, 0.717) is 35.6 Å². The Hall–Kier alpha value is -3.00. The van der Waals surface area contributed by atoms with Gasteiger partial charge in [-0.1, -0.05) is 0 Å². The number of nitrogens with one attached hydrogen (secondary N) is 3. The normalized spacial score (nSPS) is 10.6. The van der Waals surface area contributed by atoms with Crippen LogP contribution in [0.15, 0.2) is 41.7 Å². The molecule has 8 nitrogen and oxygen atoms in total. The molecule has 3 aromatic heterocycles. The number of anilines is 3. The molecule has 0 spiro atoms. The van der Waals surface area contributed by atoms with E-state index < -0.39 is 0 Å². The van der Waals surface area contributed by atoms with Crippen molar-refractivity contribution < 1.29 is 0 Å². The van der Waals surface area contributed by atoms with Crippen LogP contribution in [0.5, 0.6) is 0 Å². The first-order valence-corrected chi connectivity index (χ1v) is 6.77. The first-order valence-electron chi connectivity index (χ1n) is 6.77. The maximum absolute atomic E-state index is 12.1. The Balaban J connectivity index is 2.10. The highest BCUT2D eigenvalue weighted by Gasteiger charge is 2.11. The third-order valence-corrected chi connectivity index (χ3v) is 3.00. The van der Waals surface area contributed by atoms with Crippen LogP contribution >= 0.6 is 0 Å². The minimum atomic E-state index is -0.255. The molecule has 0 aliphatic rings. The molecule has 0 saturated carbocycles. The van der Waals surface area contributed by atoms with E-state index in [2.05, 4.69) is 30.6 Å². The van der Waals surface area contributed by atoms with Crippen molar-refractivity contribution in [2.24, 2.45) is 5.73 Å². The van der Waals surface area contributed by atoms with Gasteiger partial charge in [0.15, 0.2) is 0 Å². The zero-order valence-corrected chi connectivity index (χ0v) is 11.7. The number of hydrogen-bond donors (Lipinski definition) is 4. The summed E-state index contributed by atoms with van der Waals surface area (Å²) in [6.45, 7) is 1.06. The molecule has 0 atom stereocenters. The topological polar surface area (TPSA) is 122 Å². The average molecular weight is 297 g/mol. The molecule has 22 heavy (non-hydrogen) atoms. The summed E-state index contributed by atoms with van der Waals surface area (Å²) in [5.41, 5.74) is 6.51. The van der Waals surface area contributed by atoms with Crippen LogP contribution in [0.1, 0.15) is 0 Å². The van der Waals surface area contributed by atoms with E-state index in [1.165, 1.54) is 6.33 Å². The molecule has 0 bridgehead atoms. The van der Waals surface area contributed by atoms with Gasteiger partial charge in [0.2, 0.25) is 0 Å². The Morgan fingerprint density at radius 1 is 1.36 bits per heavy atom. The molecule has 3 rings (SSSR count). The molecule has 3 heterocycles. The third-order valence-electron chi connectivity index (χ3n) is 3.00. The van der Waals surface area contributed by atoms with Crippen molar-refractivity contribution in [3.63, 3.8) is 0 Å². The molecule has 3 aromatic rings. The summed E-state index contributed by atoms with van der Waals surface area (Å²) in [7, 11) is 0. The molecule has 112 valence electrons. The summed E-state index contributed by atoms with van der Waals surface area (Å²) in [5, 5.41) is 6.58. The monoisotopic (exact) mass is 297 g/mol. The molecule has 0 aliphatic carbocycles. The lowest BCUT2D eigenvalue weighted by atomic mass is 10.2. The van der Waals surface area contributed by atoms with Crippen LogP contribution in [0.25, 0.3) is 10.9 Å². The summed E-state index contributed by atoms with van der Waals surface area (Å²) >= 11 is 0. The number of rotatable bonds is 5. The summed E-state index contributed by atoms with van der Waals surface area (Å²) in [5.74, 6) is 1.02. The number of nitrogens with zero attached hydrogens (tertiary/aromatic N) is 3. The van der Waals surface area contributed by atoms with Crippen molar-refractivity contribution in [1.29, 1.82) is 0 Å². The number of aromatic amines is 1. The van der Waals surface area contributed by atoms with Crippen molar-refractivity contribution in [3.05, 3.63) is 47.3 Å². The molecule has 8 heteroatoms. The molecule has 0 saturated heterocycles. The highest BCUT2D eigenvalue weighted by Crippen LogP contribution is 2.23. The SMILES string of the molecule is NCCNc1cc2nc[nH]c(=O)c2c(Nc2cccnc2)n1. The molecule has 5 N–H and O–H groups in total. The summed E-state index contributed by atoms with van der Waals surface area (Å²) in [6.07, 6.45) is 4.69. The van der Waals surface area contributed by atoms with Gasteiger partial charge in [-0.3, -0.25) is 9.78 Å². The quantitative estimate of drug-likeness (QED) is 0.550. The number of hydrogen-bond acceptors (Lipinski definition) is 7. The van der Waals surface area contributed by atoms with E-state index in [1.54, 1.807) is 24.5 Å². The Bertz CT molecular complexity index is 831. The lowest BCUT2D eigenvalue weighted by Gasteiger charge is -2.11. The fourth-order valence-corrected chi connectivity index (χ4v) is 2.04. The predicted octanol–water partition coefficient (Wildman–Crippen LogP) is 0.827. The maximum Gasteiger partial charge on any atom is 0.262 e. The standard InChI is InChI=1S/C14H15N7O/c15-3-5-17-11-6-10-12(14(22)19-8-18-10)13(21-11)20-9-2-1-4-16-7-9/h1-2,4,6-8H,3,5,15H2,(H2,17,20,21)(H,18,19,22). The van der Waals surface area contributed by atoms with Gasteiger partial charge in [0.1, 0.15) is 17.0 Å². The Morgan fingerprint density at radius 3 is 3.05 bits per heavy atom. The largest absolute Gasteiger partial charge is 0.369 e. The Labute approximate surface area is 125 Å². The van der Waals surface area contributed by atoms with Crippen molar-refractivity contribution >= 4 is 28.2 Å². The fourth-order valence-electron chi connectivity index (χ4n) is 2.04. The molecule has 0 aliphatic heterocycles. The summed E-state index contributed by atoms with van der Waals surface area (Å²) in [6, 6.07) is 5.35. The van der Waals surface area contributed by atoms with Crippen LogP contribution < -0.4 is 21.9 Å². The Morgan fingerprint density at radius 2 is 2.27 bits per heavy atom. The highest BCUT2D eigenvalue weighted by molar-refractivity contribution is 5.91. The van der Waals surface area contributed by atoms with E-state index in [4.69, 9.17) is 5.73 Å². The summed E-state index contributed by atoms with van der Waals surface area (Å²) in [4.78, 5) is 27.3. The van der Waals surface area contributed by atoms with Gasteiger partial charge >= 0.3 is 0 Å². The first-order chi connectivity index (χ1) is 10.8. The molecule has 0 radical (unpaired) electrons. The van der Waals surface area contributed by atoms with Crippen LogP contribution in [-0.2, 0) is 0 Å². The van der Waals surface area contributed by atoms with Crippen molar-refractivity contribution in [3.8, 4) is 0 Å². The van der Waals surface area contributed by atoms with Crippen molar-refractivity contribution in [2.45, 2.75) is 0 Å². The maximum atomic E-state index is 12.1. The zero-order chi connectivity index (χ0) is 15.4. The summed E-state index contributed by atoms with van der Waals surface area (Å²) < 4.78 is 0. The van der Waals surface area contributed by atoms with Gasteiger partial charge in [0, 0.05) is 25.4 Å². The number of aromatic nitrogens is 4. The second-order valence-corrected chi connectivity index (χ2v) is 4.56. The van der Waals surface area contributed by atoms with Crippen molar-refractivity contribution in [1.82, 2.24) is 19.9 Å². The number of fused-ring (bicyclic) bond motifs is 1. The molecular formula is C14H15N7O. The average Bonchev–Trinajstić information content (AvgIpc) is 2.54. The van der Waals surface area contributed by atoms with E-state index in [1.807, 2.05) is 6.07 Å². The lowest BCUT2D eigenvalue weighted by molar-refractivity contribution is 1.01. The van der Waals surface area contributed by atoms with Crippen LogP contribution in [0, 0.1) is 0 Å². The van der Waals surface area contributed by atoms with Gasteiger partial charge in [-0.25, -0.2) is 9.97 Å². The lowest BCUT2D eigenvalue weighted by Crippen LogP contribution is -2.15. The molecular weight excluding hydrogens is 282 g/mol. The van der Waals surface area contributed by atoms with Crippen molar-refractivity contribution in [2.75, 3.05) is 23.7 Å². The van der Waals surface area contributed by atoms with E-state index >= 15 is 0 Å². The smallest absolute Gasteiger partial charge is 0.262 e. The van der Waals surface area contributed by atoms with Gasteiger partial charge in [-0.2, -0.15) is 0 Å². The van der Waals surface area contributed by atoms with Crippen LogP contribution in [0.2, 0.25) is 0 Å². The first kappa shape index (κ1) is 14.0. The highest BCUT2D eigenvalue weighted by atomic mass is 16.1. The van der Waals surface area contributed by atoms with Gasteiger partial charge < -0.3 is 21.4 Å². The Kier molecular flexibility index (Phi) is 3.92. The minimum absolute atomic E-state index is 0.255. The van der Waals surface area contributed by atoms with E-state index in [0.717, 1.165) is 5.69 Å². The van der Waals surface area contributed by atoms with E-state index in [-0.39, 0.29) is 5.56 Å². The molecule has 0 fully saturated rings. The second-order valence-electron chi connectivity index (χ2n) is 4.56. The van der Waals surface area contributed by atoms with Gasteiger partial charge in [-0.15, -0.1) is 0 Å². The van der Waals surface area contributed by atoms with Crippen LogP contribution in [0.4, 0.5) is 17.3 Å². The van der Waals surface area contributed by atoms with Gasteiger partial charge in [-0.05, 0) is 12.1 Å². The van der Waals surface area contributed by atoms with Crippen LogP contribution in [0.3, 0.4) is 0 Å². The molecule has 0 amide bonds. The molecule has 0 aromatic carbocycles. The zero-order valence-electron chi connectivity index (χ0n) is 11.7. The van der Waals surface area contributed by atoms with Crippen LogP contribution in [-0.4, -0.2) is 33.0 Å². The van der Waals surface area contributed by atoms with E-state index in [9.17, 15) is 4.79 Å². The predicted molar refractivity (Wildman–Crippen MR) is 85.2 cm³/mol.